The van der Waals surface area contributed by atoms with Crippen molar-refractivity contribution in [1.29, 1.82) is 0 Å². The Balaban J connectivity index is 0.000000164. The number of para-hydroxylation sites is 5. The van der Waals surface area contributed by atoms with Gasteiger partial charge >= 0.3 is 17.9 Å². The Morgan fingerprint density at radius 2 is 0.628 bits per heavy atom. The zero-order valence-corrected chi connectivity index (χ0v) is 63.8. The topological polar surface area (TPSA) is 311 Å². The minimum absolute atomic E-state index is 0.0196. The van der Waals surface area contributed by atoms with Gasteiger partial charge in [0, 0.05) is 165 Å². The van der Waals surface area contributed by atoms with Crippen LogP contribution >= 0.6 is 0 Å². The summed E-state index contributed by atoms with van der Waals surface area (Å²) in [5.74, 6) is -1.84. The van der Waals surface area contributed by atoms with Crippen LogP contribution in [0.15, 0.2) is 249 Å². The predicted octanol–water partition coefficient (Wildman–Crippen LogP) is 14.8. The van der Waals surface area contributed by atoms with E-state index in [-0.39, 0.29) is 69.5 Å². The molecule has 0 unspecified atom stereocenters. The van der Waals surface area contributed by atoms with Crippen molar-refractivity contribution >= 4 is 46.8 Å². The van der Waals surface area contributed by atoms with Crippen LogP contribution in [0, 0.1) is 0 Å². The monoisotopic (exact) mass is 1530 g/mol. The fourth-order valence-electron chi connectivity index (χ4n) is 12.3. The molecule has 584 valence electrons. The van der Waals surface area contributed by atoms with E-state index in [0.29, 0.717) is 68.0 Å². The van der Waals surface area contributed by atoms with Crippen molar-refractivity contribution in [1.82, 2.24) is 30.1 Å². The molecule has 3 aliphatic heterocycles. The molecule has 0 aliphatic carbocycles. The highest BCUT2D eigenvalue weighted by Gasteiger charge is 2.29. The van der Waals surface area contributed by atoms with Gasteiger partial charge in [-0.2, -0.15) is 0 Å². The van der Waals surface area contributed by atoms with Crippen LogP contribution in [0.5, 0.6) is 46.4 Å². The van der Waals surface area contributed by atoms with Crippen molar-refractivity contribution in [3.8, 4) is 79.8 Å². The summed E-state index contributed by atoms with van der Waals surface area (Å²) in [6, 6.07) is 68.0. The van der Waals surface area contributed by atoms with E-state index < -0.39 is 17.9 Å². The lowest BCUT2D eigenvalue weighted by Gasteiger charge is -2.32. The number of nitrogens with one attached hydrogen (secondary N) is 1. The SMILES string of the molecule is CN(C)c1ccc(-c2ccc(OC3CCN(C(=O)c4ccccc4O)CC3)nc2)cc1.CN(C)c1ccc(-c2ccc(OC3CCN(C(=O)c4ccccc4OC(=O)c4ccccc4O)CC3)nc2)cc1.CN(C)c1ccc(-c2ccc(OC3CCNCC3)nc2)cc1.O=C(O)c1ccccc1O.O=C(O)c1ccccc1O. The molecule has 14 rings (SSSR count). The number of carboxylic acid groups (broad SMARTS) is 2. The van der Waals surface area contributed by atoms with Gasteiger partial charge in [0.05, 0.1) is 11.1 Å². The smallest absolute Gasteiger partial charge is 0.347 e. The van der Waals surface area contributed by atoms with E-state index in [1.165, 1.54) is 53.7 Å². The molecule has 0 saturated carbocycles. The molecule has 11 aromatic rings. The fourth-order valence-corrected chi connectivity index (χ4v) is 12.3. The number of carbonyl (C=O) groups excluding carboxylic acids is 3. The number of esters is 1. The third-order valence-corrected chi connectivity index (χ3v) is 18.8. The van der Waals surface area contributed by atoms with Gasteiger partial charge in [-0.15, -0.1) is 0 Å². The van der Waals surface area contributed by atoms with Gasteiger partial charge in [-0.05, 0) is 158 Å². The van der Waals surface area contributed by atoms with Crippen molar-refractivity contribution in [2.24, 2.45) is 0 Å². The largest absolute Gasteiger partial charge is 0.507 e. The number of benzene rings is 8. The van der Waals surface area contributed by atoms with Crippen LogP contribution in [0.25, 0.3) is 33.4 Å². The summed E-state index contributed by atoms with van der Waals surface area (Å²) in [6.07, 6.45) is 10.7. The highest BCUT2D eigenvalue weighted by atomic mass is 16.5. The van der Waals surface area contributed by atoms with Gasteiger partial charge in [-0.1, -0.05) is 97.1 Å². The number of carboxylic acids is 2. The van der Waals surface area contributed by atoms with Crippen LogP contribution < -0.4 is 39.0 Å². The number of rotatable bonds is 18. The molecule has 6 heterocycles. The first kappa shape index (κ1) is 82.0. The molecule has 7 N–H and O–H groups in total. The summed E-state index contributed by atoms with van der Waals surface area (Å²) in [5, 5.41) is 57.8. The van der Waals surface area contributed by atoms with Crippen molar-refractivity contribution in [2.45, 2.75) is 56.8 Å². The van der Waals surface area contributed by atoms with Crippen LogP contribution in [0.2, 0.25) is 0 Å². The van der Waals surface area contributed by atoms with E-state index in [4.69, 9.17) is 39.4 Å². The Hall–Kier alpha value is -13.5. The van der Waals surface area contributed by atoms with E-state index >= 15 is 0 Å². The average Bonchev–Trinajstić information content (AvgIpc) is 1.02. The number of ether oxygens (including phenoxy) is 4. The number of hydrogen-bond donors (Lipinski definition) is 7. The summed E-state index contributed by atoms with van der Waals surface area (Å²) in [6.45, 7) is 4.24. The number of piperidine rings is 3. The lowest BCUT2D eigenvalue weighted by Crippen LogP contribution is -2.42. The van der Waals surface area contributed by atoms with Gasteiger partial charge in [0.2, 0.25) is 17.6 Å². The van der Waals surface area contributed by atoms with Crippen molar-refractivity contribution in [3.63, 3.8) is 0 Å². The van der Waals surface area contributed by atoms with E-state index in [9.17, 15) is 34.2 Å². The minimum atomic E-state index is -1.11. The Labute approximate surface area is 657 Å². The zero-order valence-electron chi connectivity index (χ0n) is 63.8. The number of likely N-dealkylation sites (tertiary alicyclic amines) is 2. The highest BCUT2D eigenvalue weighted by Crippen LogP contribution is 2.32. The Morgan fingerprint density at radius 3 is 0.929 bits per heavy atom. The first-order chi connectivity index (χ1) is 54.5. The second-order valence-corrected chi connectivity index (χ2v) is 27.3. The normalized spacial score (nSPS) is 13.4. The van der Waals surface area contributed by atoms with Gasteiger partial charge in [0.1, 0.15) is 63.7 Å². The molecule has 0 atom stereocenters. The lowest BCUT2D eigenvalue weighted by molar-refractivity contribution is 0.0573. The van der Waals surface area contributed by atoms with Crippen molar-refractivity contribution in [3.05, 3.63) is 277 Å². The molecule has 24 nitrogen and oxygen atoms in total. The molecule has 3 fully saturated rings. The summed E-state index contributed by atoms with van der Waals surface area (Å²) in [5.41, 5.74) is 10.6. The molecule has 3 aromatic heterocycles. The van der Waals surface area contributed by atoms with E-state index in [2.05, 4.69) is 114 Å². The minimum Gasteiger partial charge on any atom is -0.507 e. The summed E-state index contributed by atoms with van der Waals surface area (Å²) in [4.78, 5) is 82.2. The summed E-state index contributed by atoms with van der Waals surface area (Å²) < 4.78 is 23.6. The Morgan fingerprint density at radius 1 is 0.345 bits per heavy atom. The van der Waals surface area contributed by atoms with Crippen molar-refractivity contribution < 1.29 is 73.6 Å². The lowest BCUT2D eigenvalue weighted by atomic mass is 10.1. The molecular formula is C89H93N9O15. The number of phenols is 4. The maximum absolute atomic E-state index is 13.3. The summed E-state index contributed by atoms with van der Waals surface area (Å²) in [7, 11) is 12.2. The molecule has 0 radical (unpaired) electrons. The first-order valence-electron chi connectivity index (χ1n) is 37.0. The molecular weight excluding hydrogens is 1440 g/mol. The molecule has 0 bridgehead atoms. The molecule has 113 heavy (non-hydrogen) atoms. The van der Waals surface area contributed by atoms with E-state index in [0.717, 1.165) is 83.8 Å². The molecule has 24 heteroatoms. The quantitative estimate of drug-likeness (QED) is 0.0310. The standard InChI is InChI=1S/C32H31N3O5.C25H27N3O3.C18H23N3O.2C7H6O3/c1-34(2)24-14-11-22(12-15-24)23-13-16-30(33-21-23)39-25-17-19-35(20-18-25)31(37)27-8-4-6-10-29(27)40-32(38)26-7-3-5-9-28(26)36;1-27(2)20-10-7-18(8-11-20)19-9-12-24(26-17-19)31-21-13-15-28(16-14-21)25(30)22-5-3-4-6-23(22)29;1-21(2)16-6-3-14(4-7-16)15-5-8-18(20-13-15)22-17-9-11-19-12-10-17;2*8-6-4-2-1-3-5(6)7(9)10/h3-16,21,25,36H,17-20H2,1-2H3;3-12,17,21,29H,13-16H2,1-2H3;3-8,13,17,19H,9-12H2,1-2H3;2*1-4,8H,(H,9,10). The molecule has 3 aliphatic rings. The maximum atomic E-state index is 13.3. The van der Waals surface area contributed by atoms with Gasteiger partial charge in [-0.25, -0.2) is 29.3 Å². The number of hydrogen-bond acceptors (Lipinski definition) is 20. The van der Waals surface area contributed by atoms with E-state index in [1.54, 1.807) is 88.7 Å². The number of amides is 2. The Bertz CT molecular complexity index is 4860. The second kappa shape index (κ2) is 40.3. The average molecular weight is 1530 g/mol. The highest BCUT2D eigenvalue weighted by molar-refractivity contribution is 6.00. The fraction of sp³-hybridized carbons (Fsp3) is 0.236. The third-order valence-electron chi connectivity index (χ3n) is 18.8. The van der Waals surface area contributed by atoms with Gasteiger partial charge in [-0.3, -0.25) is 9.59 Å². The van der Waals surface area contributed by atoms with Crippen LogP contribution in [0.4, 0.5) is 17.1 Å². The number of aromatic nitrogens is 3. The number of aromatic carboxylic acids is 2. The predicted molar refractivity (Wildman–Crippen MR) is 435 cm³/mol. The van der Waals surface area contributed by atoms with Crippen LogP contribution in [-0.2, 0) is 0 Å². The number of anilines is 3. The zero-order chi connectivity index (χ0) is 80.3. The Kier molecular flexibility index (Phi) is 29.2. The third kappa shape index (κ3) is 23.5. The number of pyridine rings is 3. The van der Waals surface area contributed by atoms with Crippen LogP contribution in [0.1, 0.15) is 90.3 Å². The molecule has 3 saturated heterocycles. The van der Waals surface area contributed by atoms with E-state index in [1.807, 2.05) is 91.2 Å². The molecule has 0 spiro atoms. The molecule has 2 amide bonds. The van der Waals surface area contributed by atoms with Gasteiger partial charge in [0.25, 0.3) is 11.8 Å². The number of aromatic hydroxyl groups is 4. The number of phenolic OH excluding ortho intramolecular Hbond substituents is 2. The first-order valence-corrected chi connectivity index (χ1v) is 37.0. The van der Waals surface area contributed by atoms with Gasteiger partial charge < -0.3 is 79.4 Å². The summed E-state index contributed by atoms with van der Waals surface area (Å²) >= 11 is 0. The number of nitrogens with zero attached hydrogens (tertiary/aromatic N) is 8. The van der Waals surface area contributed by atoms with Crippen LogP contribution in [0.3, 0.4) is 0 Å². The van der Waals surface area contributed by atoms with Crippen LogP contribution in [-0.4, -0.2) is 185 Å². The second-order valence-electron chi connectivity index (χ2n) is 27.3. The van der Waals surface area contributed by atoms with Gasteiger partial charge in [0.15, 0.2) is 0 Å². The molecule has 8 aromatic carbocycles. The maximum Gasteiger partial charge on any atom is 0.347 e. The van der Waals surface area contributed by atoms with Crippen molar-refractivity contribution in [2.75, 3.05) is 96.3 Å². The number of carbonyl (C=O) groups is 5.